The Morgan fingerprint density at radius 1 is 1.23 bits per heavy atom. The van der Waals surface area contributed by atoms with Gasteiger partial charge in [-0.25, -0.2) is 21.6 Å². The van der Waals surface area contributed by atoms with E-state index in [0.29, 0.717) is 12.0 Å². The molecule has 9 nitrogen and oxygen atoms in total. The summed E-state index contributed by atoms with van der Waals surface area (Å²) < 4.78 is 66.4. The zero-order valence-corrected chi connectivity index (χ0v) is 19.0. The average Bonchev–Trinajstić information content (AvgIpc) is 3.26. The van der Waals surface area contributed by atoms with Crippen LogP contribution in [0.15, 0.2) is 30.5 Å². The summed E-state index contributed by atoms with van der Waals surface area (Å²) in [6.45, 7) is -0.0419. The van der Waals surface area contributed by atoms with Crippen molar-refractivity contribution in [2.75, 3.05) is 17.3 Å². The number of hydrogen-bond acceptors (Lipinski definition) is 6. The van der Waals surface area contributed by atoms with Gasteiger partial charge in [-0.05, 0) is 36.6 Å². The van der Waals surface area contributed by atoms with Crippen LogP contribution in [0.3, 0.4) is 0 Å². The van der Waals surface area contributed by atoms with Crippen LogP contribution >= 0.6 is 0 Å². The van der Waals surface area contributed by atoms with Crippen LogP contribution in [0.1, 0.15) is 28.0 Å². The molecule has 182 valence electrons. The molecule has 2 aromatic heterocycles. The van der Waals surface area contributed by atoms with Crippen LogP contribution in [-0.2, 0) is 33.1 Å². The van der Waals surface area contributed by atoms with E-state index < -0.39 is 50.4 Å². The van der Waals surface area contributed by atoms with E-state index in [0.717, 1.165) is 24.6 Å². The van der Waals surface area contributed by atoms with Crippen molar-refractivity contribution in [2.24, 2.45) is 0 Å². The standard InChI is InChI=1S/C22H18F3N5O4S/c1-35(33,34)9-16(31)27-19-18(15-3-2-12(23)8-26-15)29-30-10-22(28-21(32)20(19)30)5-4-11-6-13(24)7-14(25)17(11)22/h2-3,6-8H,4-5,9-10H2,1H3,(H,27,31)(H,28,32)/t22-/m0/s1. The highest BCUT2D eigenvalue weighted by molar-refractivity contribution is 7.91. The predicted octanol–water partition coefficient (Wildman–Crippen LogP) is 1.93. The van der Waals surface area contributed by atoms with Crippen LogP contribution in [0.4, 0.5) is 18.9 Å². The second-order valence-corrected chi connectivity index (χ2v) is 10.8. The molecular weight excluding hydrogens is 487 g/mol. The first-order chi connectivity index (χ1) is 16.5. The molecule has 2 amide bonds. The van der Waals surface area contributed by atoms with Crippen LogP contribution in [0.25, 0.3) is 11.4 Å². The topological polar surface area (TPSA) is 123 Å². The maximum atomic E-state index is 14.8. The number of aromatic nitrogens is 3. The van der Waals surface area contributed by atoms with Gasteiger partial charge in [0.25, 0.3) is 5.91 Å². The van der Waals surface area contributed by atoms with Gasteiger partial charge in [-0.15, -0.1) is 0 Å². The molecule has 0 radical (unpaired) electrons. The normalized spacial score (nSPS) is 18.8. The van der Waals surface area contributed by atoms with Crippen LogP contribution in [0, 0.1) is 17.5 Å². The number of nitrogens with one attached hydrogen (secondary N) is 2. The lowest BCUT2D eigenvalue weighted by Gasteiger charge is -2.36. The highest BCUT2D eigenvalue weighted by Gasteiger charge is 2.48. The molecule has 0 bridgehead atoms. The number of sulfone groups is 1. The lowest BCUT2D eigenvalue weighted by molar-refractivity contribution is -0.113. The minimum Gasteiger partial charge on any atom is -0.339 e. The van der Waals surface area contributed by atoms with Crippen LogP contribution in [0.5, 0.6) is 0 Å². The van der Waals surface area contributed by atoms with Crippen LogP contribution in [-0.4, -0.2) is 47.0 Å². The number of nitrogens with zero attached hydrogens (tertiary/aromatic N) is 3. The Balaban J connectivity index is 1.63. The quantitative estimate of drug-likeness (QED) is 0.559. The summed E-state index contributed by atoms with van der Waals surface area (Å²) in [5.41, 5.74) is -0.697. The Hall–Kier alpha value is -3.74. The van der Waals surface area contributed by atoms with E-state index in [-0.39, 0.29) is 41.3 Å². The predicted molar refractivity (Wildman–Crippen MR) is 118 cm³/mol. The monoisotopic (exact) mass is 505 g/mol. The fraction of sp³-hybridized carbons (Fsp3) is 0.273. The number of carbonyl (C=O) groups is 2. The summed E-state index contributed by atoms with van der Waals surface area (Å²) in [6.07, 6.45) is 2.42. The zero-order valence-electron chi connectivity index (χ0n) is 18.2. The molecule has 2 aliphatic rings. The Bertz CT molecular complexity index is 1500. The molecule has 0 saturated heterocycles. The average molecular weight is 505 g/mol. The Labute approximate surface area is 197 Å². The second kappa shape index (κ2) is 7.90. The smallest absolute Gasteiger partial charge is 0.272 e. The van der Waals surface area contributed by atoms with E-state index in [2.05, 4.69) is 20.7 Å². The fourth-order valence-corrected chi connectivity index (χ4v) is 5.27. The zero-order chi connectivity index (χ0) is 25.1. The lowest BCUT2D eigenvalue weighted by atomic mass is 9.89. The third kappa shape index (κ3) is 4.05. The molecule has 1 aromatic carbocycles. The molecule has 13 heteroatoms. The van der Waals surface area contributed by atoms with Gasteiger partial charge < -0.3 is 10.6 Å². The third-order valence-electron chi connectivity index (χ3n) is 6.00. The van der Waals surface area contributed by atoms with E-state index in [9.17, 15) is 31.2 Å². The van der Waals surface area contributed by atoms with Crippen molar-refractivity contribution < 1.29 is 31.2 Å². The Morgan fingerprint density at radius 3 is 2.69 bits per heavy atom. The largest absolute Gasteiger partial charge is 0.339 e. The van der Waals surface area contributed by atoms with Gasteiger partial charge in [0.05, 0.1) is 24.0 Å². The minimum atomic E-state index is -3.68. The van der Waals surface area contributed by atoms with Gasteiger partial charge in [0.15, 0.2) is 15.5 Å². The van der Waals surface area contributed by atoms with Crippen molar-refractivity contribution in [1.82, 2.24) is 20.1 Å². The molecule has 0 saturated carbocycles. The lowest BCUT2D eigenvalue weighted by Crippen LogP contribution is -2.53. The van der Waals surface area contributed by atoms with Crippen molar-refractivity contribution in [1.29, 1.82) is 0 Å². The number of anilines is 1. The van der Waals surface area contributed by atoms with Crippen molar-refractivity contribution in [3.05, 3.63) is 64.7 Å². The Morgan fingerprint density at radius 2 is 2.00 bits per heavy atom. The first-order valence-electron chi connectivity index (χ1n) is 10.5. The summed E-state index contributed by atoms with van der Waals surface area (Å²) in [4.78, 5) is 29.7. The minimum absolute atomic E-state index is 0.00634. The number of aryl methyl sites for hydroxylation is 1. The number of fused-ring (bicyclic) bond motifs is 3. The van der Waals surface area contributed by atoms with Gasteiger partial charge in [0.2, 0.25) is 5.91 Å². The first kappa shape index (κ1) is 23.0. The van der Waals surface area contributed by atoms with Crippen molar-refractivity contribution in [3.63, 3.8) is 0 Å². The van der Waals surface area contributed by atoms with Gasteiger partial charge in [0.1, 0.15) is 34.6 Å². The maximum Gasteiger partial charge on any atom is 0.272 e. The van der Waals surface area contributed by atoms with E-state index in [1.807, 2.05) is 0 Å². The van der Waals surface area contributed by atoms with Crippen LogP contribution < -0.4 is 10.6 Å². The number of rotatable bonds is 4. The summed E-state index contributed by atoms with van der Waals surface area (Å²) in [5, 5.41) is 9.60. The fourth-order valence-electron chi connectivity index (χ4n) is 4.72. The molecule has 0 fully saturated rings. The SMILES string of the molecule is CS(=O)(=O)CC(=O)Nc1c(-c2ccc(F)cn2)nn2c1C(=O)N[C@@]1(CCc3cc(F)cc(F)c31)C2. The van der Waals surface area contributed by atoms with Gasteiger partial charge >= 0.3 is 0 Å². The van der Waals surface area contributed by atoms with Crippen molar-refractivity contribution >= 4 is 27.3 Å². The molecule has 3 aromatic rings. The molecule has 1 aliphatic heterocycles. The number of amides is 2. The number of carbonyl (C=O) groups excluding carboxylic acids is 2. The molecule has 1 atom stereocenters. The van der Waals surface area contributed by atoms with Crippen LogP contribution in [0.2, 0.25) is 0 Å². The molecule has 35 heavy (non-hydrogen) atoms. The molecule has 5 rings (SSSR count). The molecule has 3 heterocycles. The maximum absolute atomic E-state index is 14.8. The highest BCUT2D eigenvalue weighted by Crippen LogP contribution is 2.44. The van der Waals surface area contributed by atoms with E-state index in [4.69, 9.17) is 0 Å². The van der Waals surface area contributed by atoms with E-state index in [1.165, 1.54) is 16.8 Å². The summed E-state index contributed by atoms with van der Waals surface area (Å²) in [6, 6.07) is 4.38. The number of hydrogen-bond donors (Lipinski definition) is 2. The second-order valence-electron chi connectivity index (χ2n) is 8.67. The van der Waals surface area contributed by atoms with Crippen molar-refractivity contribution in [3.8, 4) is 11.4 Å². The first-order valence-corrected chi connectivity index (χ1v) is 12.5. The number of pyridine rings is 1. The number of benzene rings is 1. The molecule has 2 N–H and O–H groups in total. The molecular formula is C22H18F3N5O4S. The van der Waals surface area contributed by atoms with E-state index >= 15 is 0 Å². The molecule has 1 aliphatic carbocycles. The van der Waals surface area contributed by atoms with Gasteiger partial charge in [-0.1, -0.05) is 0 Å². The van der Waals surface area contributed by atoms with Crippen molar-refractivity contribution in [2.45, 2.75) is 24.9 Å². The van der Waals surface area contributed by atoms with E-state index in [1.54, 1.807) is 0 Å². The summed E-state index contributed by atoms with van der Waals surface area (Å²) in [5.74, 6) is -4.60. The Kier molecular flexibility index (Phi) is 5.20. The highest BCUT2D eigenvalue weighted by atomic mass is 32.2. The molecule has 0 unspecified atom stereocenters. The van der Waals surface area contributed by atoms with Gasteiger partial charge in [0, 0.05) is 17.9 Å². The van der Waals surface area contributed by atoms with Gasteiger partial charge in [-0.2, -0.15) is 5.10 Å². The summed E-state index contributed by atoms with van der Waals surface area (Å²) in [7, 11) is -3.68. The number of halogens is 3. The molecule has 1 spiro atoms. The third-order valence-corrected chi connectivity index (χ3v) is 6.79. The van der Waals surface area contributed by atoms with Gasteiger partial charge in [-0.3, -0.25) is 19.3 Å². The summed E-state index contributed by atoms with van der Waals surface area (Å²) >= 11 is 0.